The predicted molar refractivity (Wildman–Crippen MR) is 216 cm³/mol. The number of nitrogens with one attached hydrogen (secondary N) is 3. The van der Waals surface area contributed by atoms with Gasteiger partial charge in [-0.25, -0.2) is 24.1 Å². The maximum Gasteiger partial charge on any atom is 0.586 e. The molecular weight excluding hydrogens is 844 g/mol. The molecule has 1 saturated heterocycles. The second-order valence-electron chi connectivity index (χ2n) is 13.0. The fraction of sp³-hybridized carbons (Fsp3) is 0.122. The topological polar surface area (TPSA) is 187 Å². The van der Waals surface area contributed by atoms with Crippen LogP contribution in [0.2, 0.25) is 10.2 Å². The zero-order valence-electron chi connectivity index (χ0n) is 31.4. The average molecular weight is 874 g/mol. The summed E-state index contributed by atoms with van der Waals surface area (Å²) in [5.41, 5.74) is 2.69. The van der Waals surface area contributed by atoms with Crippen molar-refractivity contribution >= 4 is 64.3 Å². The molecular formula is C41H29Cl2F3N8O7. The van der Waals surface area contributed by atoms with E-state index in [9.17, 15) is 32.3 Å². The number of aromatic nitrogens is 4. The van der Waals surface area contributed by atoms with Gasteiger partial charge in [0, 0.05) is 66.2 Å². The van der Waals surface area contributed by atoms with Gasteiger partial charge in [0.1, 0.15) is 28.7 Å². The molecule has 20 heteroatoms. The number of cyclic esters (lactones) is 1. The normalized spacial score (nSPS) is 14.6. The molecule has 1 atom stereocenters. The molecule has 0 radical (unpaired) electrons. The van der Waals surface area contributed by atoms with Crippen molar-refractivity contribution in [1.29, 1.82) is 0 Å². The molecule has 310 valence electrons. The summed E-state index contributed by atoms with van der Waals surface area (Å²) in [6.07, 6.45) is 2.52. The number of hydrogen-bond acceptors (Lipinski definition) is 11. The Hall–Kier alpha value is -7.31. The highest BCUT2D eigenvalue weighted by molar-refractivity contribution is 6.34. The number of amides is 4. The lowest BCUT2D eigenvalue weighted by Gasteiger charge is -2.14. The Morgan fingerprint density at radius 2 is 1.49 bits per heavy atom. The van der Waals surface area contributed by atoms with Gasteiger partial charge >= 0.3 is 12.4 Å². The zero-order valence-corrected chi connectivity index (χ0v) is 32.9. The van der Waals surface area contributed by atoms with Crippen molar-refractivity contribution in [2.45, 2.75) is 19.3 Å². The van der Waals surface area contributed by atoms with Gasteiger partial charge in [0.05, 0.1) is 34.9 Å². The standard InChI is InChI=1S/C23H20FN5O4.C18H9Cl2F2N3O3/c1-14(30)26-12-18-13-29(23(32)33-18)17-5-6-19(20(24)9-17)15-4-7-21(27-11-15)28-22(31)16-3-2-8-25-10-16;19-12-7-14-13(27-18(21,22)28-14)6-11(12)9-3-4-15(24-8-9)25-17(26)10-2-1-5-23-16(10)20/h2-11,18H,12-13H2,1H3,(H,26,30)(H,27,28,31);1-8H,(H,24,25,26)/t18-;/m1./s1. The Kier molecular flexibility index (Phi) is 12.3. The van der Waals surface area contributed by atoms with Crippen LogP contribution in [0.25, 0.3) is 22.3 Å². The van der Waals surface area contributed by atoms with Crippen LogP contribution in [-0.2, 0) is 9.53 Å². The van der Waals surface area contributed by atoms with Gasteiger partial charge in [0.15, 0.2) is 11.5 Å². The first-order chi connectivity index (χ1) is 29.2. The number of ether oxygens (including phenoxy) is 3. The SMILES string of the molecule is CC(=O)NC[C@@H]1CN(c2ccc(-c3ccc(NC(=O)c4cccnc4)nc3)c(F)c2)C(=O)O1.O=C(Nc1ccc(-c2cc3c(cc2Cl)OC(F)(F)O3)cn1)c1cccnc1Cl. The predicted octanol–water partition coefficient (Wildman–Crippen LogP) is 8.02. The van der Waals surface area contributed by atoms with Crippen molar-refractivity contribution in [3.8, 4) is 33.8 Å². The van der Waals surface area contributed by atoms with E-state index in [1.54, 1.807) is 54.7 Å². The fourth-order valence-electron chi connectivity index (χ4n) is 5.87. The number of rotatable bonds is 9. The third-order valence-electron chi connectivity index (χ3n) is 8.77. The molecule has 6 heterocycles. The van der Waals surface area contributed by atoms with Crippen molar-refractivity contribution < 1.29 is 46.6 Å². The number of nitrogens with zero attached hydrogens (tertiary/aromatic N) is 5. The van der Waals surface area contributed by atoms with Crippen molar-refractivity contribution in [2.75, 3.05) is 28.6 Å². The summed E-state index contributed by atoms with van der Waals surface area (Å²) in [5, 5.41) is 8.09. The zero-order chi connectivity index (χ0) is 43.3. The van der Waals surface area contributed by atoms with Crippen molar-refractivity contribution in [2.24, 2.45) is 0 Å². The molecule has 0 saturated carbocycles. The Bertz CT molecular complexity index is 2630. The molecule has 3 N–H and O–H groups in total. The third kappa shape index (κ3) is 10.1. The van der Waals surface area contributed by atoms with Crippen molar-refractivity contribution in [1.82, 2.24) is 25.3 Å². The number of carbonyl (C=O) groups is 4. The van der Waals surface area contributed by atoms with Crippen LogP contribution in [0.4, 0.5) is 35.3 Å². The van der Waals surface area contributed by atoms with Gasteiger partial charge in [0.25, 0.3) is 11.8 Å². The third-order valence-corrected chi connectivity index (χ3v) is 9.38. The van der Waals surface area contributed by atoms with Crippen LogP contribution in [0.3, 0.4) is 0 Å². The van der Waals surface area contributed by atoms with E-state index in [4.69, 9.17) is 27.9 Å². The van der Waals surface area contributed by atoms with Crippen molar-refractivity contribution in [3.05, 3.63) is 137 Å². The van der Waals surface area contributed by atoms with Crippen LogP contribution in [0.1, 0.15) is 27.6 Å². The Balaban J connectivity index is 0.000000186. The maximum absolute atomic E-state index is 14.9. The number of alkyl halides is 2. The molecule has 15 nitrogen and oxygen atoms in total. The fourth-order valence-corrected chi connectivity index (χ4v) is 6.34. The minimum atomic E-state index is -3.73. The Morgan fingerprint density at radius 1 is 0.820 bits per heavy atom. The monoisotopic (exact) mass is 872 g/mol. The van der Waals surface area contributed by atoms with E-state index >= 15 is 0 Å². The van der Waals surface area contributed by atoms with E-state index in [2.05, 4.69) is 45.4 Å². The van der Waals surface area contributed by atoms with Gasteiger partial charge in [-0.2, -0.15) is 0 Å². The minimum absolute atomic E-state index is 0.0700. The molecule has 2 aliphatic heterocycles. The molecule has 4 amide bonds. The second-order valence-corrected chi connectivity index (χ2v) is 13.8. The van der Waals surface area contributed by atoms with Crippen molar-refractivity contribution in [3.63, 3.8) is 0 Å². The van der Waals surface area contributed by atoms with E-state index < -0.39 is 30.2 Å². The van der Waals surface area contributed by atoms with Gasteiger partial charge in [0.2, 0.25) is 5.91 Å². The van der Waals surface area contributed by atoms with Crippen LogP contribution in [-0.4, -0.2) is 69.2 Å². The van der Waals surface area contributed by atoms with Gasteiger partial charge in [-0.15, -0.1) is 8.78 Å². The second kappa shape index (κ2) is 17.9. The van der Waals surface area contributed by atoms with Crippen LogP contribution >= 0.6 is 23.2 Å². The largest absolute Gasteiger partial charge is 0.586 e. The molecule has 1 fully saturated rings. The number of hydrogen-bond donors (Lipinski definition) is 3. The Labute approximate surface area is 353 Å². The highest BCUT2D eigenvalue weighted by Gasteiger charge is 2.44. The Morgan fingerprint density at radius 3 is 2.11 bits per heavy atom. The maximum atomic E-state index is 14.9. The number of halogens is 5. The molecule has 6 aromatic rings. The van der Waals surface area contributed by atoms with E-state index in [0.29, 0.717) is 39.3 Å². The minimum Gasteiger partial charge on any atom is -0.442 e. The van der Waals surface area contributed by atoms with Gasteiger partial charge < -0.3 is 30.2 Å². The molecule has 61 heavy (non-hydrogen) atoms. The number of fused-ring (bicyclic) bond motifs is 1. The molecule has 4 aromatic heterocycles. The first-order valence-corrected chi connectivity index (χ1v) is 18.7. The van der Waals surface area contributed by atoms with Crippen LogP contribution in [0.15, 0.2) is 110 Å². The van der Waals surface area contributed by atoms with E-state index in [0.717, 1.165) is 0 Å². The van der Waals surface area contributed by atoms with E-state index in [-0.39, 0.29) is 58.0 Å². The molecule has 2 aliphatic rings. The summed E-state index contributed by atoms with van der Waals surface area (Å²) in [4.78, 5) is 65.0. The van der Waals surface area contributed by atoms with E-state index in [1.807, 2.05) is 0 Å². The van der Waals surface area contributed by atoms with Crippen LogP contribution < -0.4 is 30.3 Å². The number of carbonyl (C=O) groups excluding carboxylic acids is 4. The molecule has 2 aromatic carbocycles. The molecule has 8 rings (SSSR count). The summed E-state index contributed by atoms with van der Waals surface area (Å²) in [6, 6.07) is 19.7. The lowest BCUT2D eigenvalue weighted by atomic mass is 10.1. The number of anilines is 3. The molecule has 0 spiro atoms. The van der Waals surface area contributed by atoms with E-state index in [1.165, 1.54) is 66.9 Å². The molecule has 0 aliphatic carbocycles. The summed E-state index contributed by atoms with van der Waals surface area (Å²) < 4.78 is 55.3. The first-order valence-electron chi connectivity index (χ1n) is 17.9. The first kappa shape index (κ1) is 41.8. The van der Waals surface area contributed by atoms with Gasteiger partial charge in [-0.1, -0.05) is 23.2 Å². The number of benzene rings is 2. The lowest BCUT2D eigenvalue weighted by Crippen LogP contribution is -2.33. The molecule has 0 bridgehead atoms. The average Bonchev–Trinajstić information content (AvgIpc) is 3.77. The highest BCUT2D eigenvalue weighted by atomic mass is 35.5. The van der Waals surface area contributed by atoms with Gasteiger partial charge in [-0.05, 0) is 72.8 Å². The lowest BCUT2D eigenvalue weighted by molar-refractivity contribution is -0.286. The quantitative estimate of drug-likeness (QED) is 0.119. The highest BCUT2D eigenvalue weighted by Crippen LogP contribution is 2.46. The summed E-state index contributed by atoms with van der Waals surface area (Å²) >= 11 is 12.0. The summed E-state index contributed by atoms with van der Waals surface area (Å²) in [7, 11) is 0. The summed E-state index contributed by atoms with van der Waals surface area (Å²) in [5.74, 6) is -1.30. The van der Waals surface area contributed by atoms with Gasteiger partial charge in [-0.3, -0.25) is 24.3 Å². The van der Waals surface area contributed by atoms with Crippen LogP contribution in [0, 0.1) is 5.82 Å². The molecule has 0 unspecified atom stereocenters. The van der Waals surface area contributed by atoms with Crippen LogP contribution in [0.5, 0.6) is 11.5 Å². The smallest absolute Gasteiger partial charge is 0.442 e. The number of pyridine rings is 4. The summed E-state index contributed by atoms with van der Waals surface area (Å²) in [6.45, 7) is 1.76.